The van der Waals surface area contributed by atoms with Gasteiger partial charge in [-0.3, -0.25) is 14.7 Å². The summed E-state index contributed by atoms with van der Waals surface area (Å²) >= 11 is 0. The highest BCUT2D eigenvalue weighted by Crippen LogP contribution is 2.34. The third kappa shape index (κ3) is 5.34. The van der Waals surface area contributed by atoms with Crippen molar-refractivity contribution in [1.82, 2.24) is 35.1 Å². The van der Waals surface area contributed by atoms with Crippen LogP contribution in [-0.2, 0) is 13.1 Å². The Labute approximate surface area is 218 Å². The lowest BCUT2D eigenvalue weighted by Gasteiger charge is -2.35. The normalized spacial score (nSPS) is 15.6. The molecule has 8 nitrogen and oxygen atoms in total. The van der Waals surface area contributed by atoms with E-state index in [1.54, 1.807) is 6.20 Å². The number of aromatic amines is 1. The zero-order valence-corrected chi connectivity index (χ0v) is 22.3. The molecule has 4 aromatic rings. The number of benzene rings is 1. The quantitative estimate of drug-likeness (QED) is 0.347. The molecule has 0 aliphatic heterocycles. The van der Waals surface area contributed by atoms with Crippen molar-refractivity contribution >= 4 is 10.9 Å². The second kappa shape index (κ2) is 10.9. The molecule has 0 saturated heterocycles. The highest BCUT2D eigenvalue weighted by Gasteiger charge is 2.32. The highest BCUT2D eigenvalue weighted by molar-refractivity contribution is 5.83. The molecule has 37 heavy (non-hydrogen) atoms. The standard InChI is InChI=1S/C29H37N7O/c1-19(2)27(28-32-33-34-36(28)25-10-6-5-7-11-25)35(17-22-9-8-14-30-16-22)18-24-15-23-13-12-20(3)21(4)26(23)31-29(24)37/h8-9,12-16,19,25,27H,5-7,10-11,17-18H2,1-4H3,(H,31,37)/t27-/m0/s1. The smallest absolute Gasteiger partial charge is 0.252 e. The van der Waals surface area contributed by atoms with E-state index in [1.807, 2.05) is 18.3 Å². The van der Waals surface area contributed by atoms with Crippen LogP contribution in [0.15, 0.2) is 47.5 Å². The Balaban J connectivity index is 1.56. The topological polar surface area (TPSA) is 92.6 Å². The lowest BCUT2D eigenvalue weighted by Crippen LogP contribution is -2.36. The number of aryl methyl sites for hydroxylation is 2. The third-order valence-corrected chi connectivity index (χ3v) is 7.84. The molecule has 0 spiro atoms. The zero-order valence-electron chi connectivity index (χ0n) is 22.3. The molecular formula is C29H37N7O. The maximum Gasteiger partial charge on any atom is 0.252 e. The Morgan fingerprint density at radius 1 is 1.11 bits per heavy atom. The summed E-state index contributed by atoms with van der Waals surface area (Å²) in [5.41, 5.74) is 4.97. The fraction of sp³-hybridized carbons (Fsp3) is 0.483. The van der Waals surface area contributed by atoms with Gasteiger partial charge < -0.3 is 4.98 Å². The Morgan fingerprint density at radius 3 is 2.65 bits per heavy atom. The number of rotatable bonds is 8. The van der Waals surface area contributed by atoms with E-state index in [-0.39, 0.29) is 17.5 Å². The summed E-state index contributed by atoms with van der Waals surface area (Å²) in [5, 5.41) is 14.2. The van der Waals surface area contributed by atoms with E-state index in [1.165, 1.54) is 24.8 Å². The van der Waals surface area contributed by atoms with Gasteiger partial charge in [-0.1, -0.05) is 51.3 Å². The molecule has 1 aliphatic rings. The summed E-state index contributed by atoms with van der Waals surface area (Å²) in [4.78, 5) is 23.2. The van der Waals surface area contributed by atoms with Crippen LogP contribution in [-0.4, -0.2) is 35.1 Å². The molecule has 3 heterocycles. The van der Waals surface area contributed by atoms with Crippen molar-refractivity contribution in [3.8, 4) is 0 Å². The summed E-state index contributed by atoms with van der Waals surface area (Å²) in [6.45, 7) is 9.66. The van der Waals surface area contributed by atoms with E-state index in [2.05, 4.69) is 81.0 Å². The van der Waals surface area contributed by atoms with Crippen molar-refractivity contribution in [2.24, 2.45) is 5.92 Å². The van der Waals surface area contributed by atoms with Gasteiger partial charge in [-0.15, -0.1) is 5.10 Å². The lowest BCUT2D eigenvalue weighted by molar-refractivity contribution is 0.121. The van der Waals surface area contributed by atoms with Crippen LogP contribution in [0.5, 0.6) is 0 Å². The first-order valence-corrected chi connectivity index (χ1v) is 13.4. The average molecular weight is 500 g/mol. The number of nitrogens with one attached hydrogen (secondary N) is 1. The lowest BCUT2D eigenvalue weighted by atomic mass is 9.94. The predicted octanol–water partition coefficient (Wildman–Crippen LogP) is 5.43. The second-order valence-electron chi connectivity index (χ2n) is 10.8. The largest absolute Gasteiger partial charge is 0.321 e. The molecule has 3 aromatic heterocycles. The molecule has 0 radical (unpaired) electrons. The summed E-state index contributed by atoms with van der Waals surface area (Å²) in [5.74, 6) is 1.11. The van der Waals surface area contributed by atoms with E-state index in [0.29, 0.717) is 19.1 Å². The van der Waals surface area contributed by atoms with Crippen LogP contribution < -0.4 is 5.56 Å². The van der Waals surface area contributed by atoms with Gasteiger partial charge in [-0.25, -0.2) is 4.68 Å². The molecule has 0 amide bonds. The number of fused-ring (bicyclic) bond motifs is 1. The molecule has 194 valence electrons. The molecule has 1 saturated carbocycles. The van der Waals surface area contributed by atoms with Crippen molar-refractivity contribution in [1.29, 1.82) is 0 Å². The average Bonchev–Trinajstić information content (AvgIpc) is 3.37. The molecule has 1 N–H and O–H groups in total. The van der Waals surface area contributed by atoms with Crippen LogP contribution in [0.1, 0.15) is 86.1 Å². The fourth-order valence-corrected chi connectivity index (χ4v) is 5.75. The summed E-state index contributed by atoms with van der Waals surface area (Å²) < 4.78 is 2.07. The molecule has 5 rings (SSSR count). The van der Waals surface area contributed by atoms with Crippen LogP contribution in [0, 0.1) is 19.8 Å². The highest BCUT2D eigenvalue weighted by atomic mass is 16.1. The molecule has 1 aromatic carbocycles. The number of pyridine rings is 2. The van der Waals surface area contributed by atoms with Crippen LogP contribution >= 0.6 is 0 Å². The number of hydrogen-bond acceptors (Lipinski definition) is 6. The molecule has 1 atom stereocenters. The first-order chi connectivity index (χ1) is 17.9. The van der Waals surface area contributed by atoms with Crippen LogP contribution in [0.3, 0.4) is 0 Å². The van der Waals surface area contributed by atoms with Gasteiger partial charge in [0.2, 0.25) is 0 Å². The van der Waals surface area contributed by atoms with Gasteiger partial charge in [0.05, 0.1) is 17.6 Å². The Hall–Kier alpha value is -3.39. The molecule has 0 unspecified atom stereocenters. The van der Waals surface area contributed by atoms with Crippen molar-refractivity contribution in [2.75, 3.05) is 0 Å². The number of aromatic nitrogens is 6. The second-order valence-corrected chi connectivity index (χ2v) is 10.8. The number of nitrogens with zero attached hydrogens (tertiary/aromatic N) is 6. The Morgan fingerprint density at radius 2 is 1.92 bits per heavy atom. The molecule has 8 heteroatoms. The van der Waals surface area contributed by atoms with Gasteiger partial charge in [0, 0.05) is 31.0 Å². The number of hydrogen-bond donors (Lipinski definition) is 1. The van der Waals surface area contributed by atoms with Gasteiger partial charge in [0.25, 0.3) is 5.56 Å². The van der Waals surface area contributed by atoms with E-state index >= 15 is 0 Å². The molecule has 1 fully saturated rings. The SMILES string of the molecule is Cc1ccc2cc(CN(Cc3cccnc3)[C@H](c3nnnn3C3CCCCC3)C(C)C)c(=O)[nH]c2c1C. The Kier molecular flexibility index (Phi) is 7.46. The van der Waals surface area contributed by atoms with Crippen LogP contribution in [0.4, 0.5) is 0 Å². The maximum atomic E-state index is 13.3. The Bertz CT molecular complexity index is 1400. The van der Waals surface area contributed by atoms with E-state index in [0.717, 1.165) is 46.3 Å². The minimum absolute atomic E-state index is 0.0493. The van der Waals surface area contributed by atoms with E-state index in [4.69, 9.17) is 0 Å². The number of H-pyrrole nitrogens is 1. The third-order valence-electron chi connectivity index (χ3n) is 7.84. The van der Waals surface area contributed by atoms with Crippen molar-refractivity contribution in [3.05, 3.63) is 81.2 Å². The number of tetrazole rings is 1. The zero-order chi connectivity index (χ0) is 25.9. The van der Waals surface area contributed by atoms with Crippen LogP contribution in [0.2, 0.25) is 0 Å². The van der Waals surface area contributed by atoms with E-state index in [9.17, 15) is 4.79 Å². The summed E-state index contributed by atoms with van der Waals surface area (Å²) in [6.07, 6.45) is 9.59. The summed E-state index contributed by atoms with van der Waals surface area (Å²) in [6, 6.07) is 10.5. The van der Waals surface area contributed by atoms with Crippen molar-refractivity contribution < 1.29 is 0 Å². The van der Waals surface area contributed by atoms with Gasteiger partial charge in [0.1, 0.15) is 0 Å². The van der Waals surface area contributed by atoms with Gasteiger partial charge in [0.15, 0.2) is 5.82 Å². The predicted molar refractivity (Wildman–Crippen MR) is 145 cm³/mol. The monoisotopic (exact) mass is 499 g/mol. The summed E-state index contributed by atoms with van der Waals surface area (Å²) in [7, 11) is 0. The van der Waals surface area contributed by atoms with Gasteiger partial charge >= 0.3 is 0 Å². The first kappa shape index (κ1) is 25.3. The minimum atomic E-state index is -0.0630. The minimum Gasteiger partial charge on any atom is -0.321 e. The van der Waals surface area contributed by atoms with Crippen molar-refractivity contribution in [2.45, 2.75) is 85.0 Å². The molecule has 0 bridgehead atoms. The van der Waals surface area contributed by atoms with Crippen LogP contribution in [0.25, 0.3) is 10.9 Å². The molecule has 1 aliphatic carbocycles. The van der Waals surface area contributed by atoms with Gasteiger partial charge in [-0.05, 0) is 77.2 Å². The van der Waals surface area contributed by atoms with Crippen molar-refractivity contribution in [3.63, 3.8) is 0 Å². The van der Waals surface area contributed by atoms with E-state index < -0.39 is 0 Å². The molecular weight excluding hydrogens is 462 g/mol. The first-order valence-electron chi connectivity index (χ1n) is 13.4. The maximum absolute atomic E-state index is 13.3. The van der Waals surface area contributed by atoms with Gasteiger partial charge in [-0.2, -0.15) is 0 Å². The fourth-order valence-electron chi connectivity index (χ4n) is 5.75.